The smallest absolute Gasteiger partial charge is 0.191 e. The second kappa shape index (κ2) is 4.00. The van der Waals surface area contributed by atoms with E-state index in [2.05, 4.69) is 20.4 Å². The van der Waals surface area contributed by atoms with E-state index in [-0.39, 0.29) is 0 Å². The van der Waals surface area contributed by atoms with Crippen molar-refractivity contribution in [1.82, 2.24) is 15.0 Å². The molecule has 2 aromatic rings. The van der Waals surface area contributed by atoms with Crippen molar-refractivity contribution in [3.8, 4) is 10.8 Å². The molecule has 0 amide bonds. The van der Waals surface area contributed by atoms with E-state index < -0.39 is 0 Å². The number of nitrogen functional groups attached to an aromatic ring is 1. The molecule has 0 spiro atoms. The van der Waals surface area contributed by atoms with Crippen molar-refractivity contribution in [2.75, 3.05) is 5.43 Å². The van der Waals surface area contributed by atoms with Crippen LogP contribution in [0.1, 0.15) is 11.3 Å². The molecule has 3 heterocycles. The van der Waals surface area contributed by atoms with Gasteiger partial charge >= 0.3 is 0 Å². The molecule has 1 aliphatic rings. The van der Waals surface area contributed by atoms with Gasteiger partial charge in [-0.2, -0.15) is 11.8 Å². The number of aromatic nitrogens is 3. The Morgan fingerprint density at radius 3 is 3.00 bits per heavy atom. The zero-order chi connectivity index (χ0) is 11.0. The molecular weight excluding hydrogens is 242 g/mol. The highest BCUT2D eigenvalue weighted by Crippen LogP contribution is 2.34. The minimum atomic E-state index is 0.657. The lowest BCUT2D eigenvalue weighted by Crippen LogP contribution is -2.12. The quantitative estimate of drug-likeness (QED) is 0.624. The van der Waals surface area contributed by atoms with E-state index in [1.807, 2.05) is 17.1 Å². The third-order valence-electron chi connectivity index (χ3n) is 2.34. The van der Waals surface area contributed by atoms with Crippen LogP contribution in [-0.4, -0.2) is 15.0 Å². The average molecular weight is 251 g/mol. The molecule has 3 rings (SSSR count). The lowest BCUT2D eigenvalue weighted by atomic mass is 10.2. The van der Waals surface area contributed by atoms with Crippen LogP contribution in [0.15, 0.2) is 11.6 Å². The Bertz CT molecular complexity index is 511. The molecule has 0 aliphatic carbocycles. The molecule has 0 unspecified atom stereocenters. The Morgan fingerprint density at radius 1 is 1.31 bits per heavy atom. The summed E-state index contributed by atoms with van der Waals surface area (Å²) < 4.78 is 0. The molecule has 5 nitrogen and oxygen atoms in total. The molecule has 0 saturated heterocycles. The molecule has 16 heavy (non-hydrogen) atoms. The van der Waals surface area contributed by atoms with Crippen LogP contribution in [0, 0.1) is 0 Å². The number of hydrogen-bond donors (Lipinski definition) is 2. The first kappa shape index (κ1) is 10.0. The molecule has 0 atom stereocenters. The number of nitrogens with one attached hydrogen (secondary N) is 1. The van der Waals surface area contributed by atoms with Gasteiger partial charge in [-0.3, -0.25) is 0 Å². The summed E-state index contributed by atoms with van der Waals surface area (Å²) in [7, 11) is 0. The van der Waals surface area contributed by atoms with E-state index >= 15 is 0 Å². The third-order valence-corrected chi connectivity index (χ3v) is 4.08. The van der Waals surface area contributed by atoms with Crippen molar-refractivity contribution < 1.29 is 0 Å². The number of thiazole rings is 1. The molecule has 2 aromatic heterocycles. The van der Waals surface area contributed by atoms with Crippen LogP contribution >= 0.6 is 23.1 Å². The number of thioether (sulfide) groups is 1. The summed E-state index contributed by atoms with van der Waals surface area (Å²) in [5, 5.41) is 2.74. The summed E-state index contributed by atoms with van der Waals surface area (Å²) >= 11 is 3.35. The fraction of sp³-hybridized carbons (Fsp3) is 0.222. The summed E-state index contributed by atoms with van der Waals surface area (Å²) in [5.41, 5.74) is 4.83. The third kappa shape index (κ3) is 1.57. The fourth-order valence-electron chi connectivity index (χ4n) is 1.60. The van der Waals surface area contributed by atoms with Gasteiger partial charge in [0.1, 0.15) is 5.82 Å². The van der Waals surface area contributed by atoms with Crippen LogP contribution in [0.3, 0.4) is 0 Å². The van der Waals surface area contributed by atoms with E-state index in [0.717, 1.165) is 33.6 Å². The summed E-state index contributed by atoms with van der Waals surface area (Å²) in [4.78, 5) is 13.1. The van der Waals surface area contributed by atoms with Crippen molar-refractivity contribution >= 4 is 28.9 Å². The lowest BCUT2D eigenvalue weighted by molar-refractivity contribution is 1.05. The number of nitrogens with two attached hydrogens (primary N) is 1. The molecule has 1 aliphatic heterocycles. The first-order valence-corrected chi connectivity index (χ1v) is 6.76. The van der Waals surface area contributed by atoms with Crippen molar-refractivity contribution in [2.24, 2.45) is 5.84 Å². The van der Waals surface area contributed by atoms with Gasteiger partial charge in [0.15, 0.2) is 10.8 Å². The zero-order valence-electron chi connectivity index (χ0n) is 8.30. The Hall–Kier alpha value is -1.18. The second-order valence-electron chi connectivity index (χ2n) is 3.30. The van der Waals surface area contributed by atoms with E-state index in [0.29, 0.717) is 5.82 Å². The van der Waals surface area contributed by atoms with E-state index in [4.69, 9.17) is 5.84 Å². The Morgan fingerprint density at radius 2 is 2.25 bits per heavy atom. The van der Waals surface area contributed by atoms with Gasteiger partial charge in [-0.05, 0) is 0 Å². The number of nitrogens with zero attached hydrogens (tertiary/aromatic N) is 3. The molecule has 0 radical (unpaired) electrons. The minimum absolute atomic E-state index is 0.657. The van der Waals surface area contributed by atoms with Gasteiger partial charge in [0.05, 0.1) is 5.69 Å². The van der Waals surface area contributed by atoms with E-state index in [9.17, 15) is 0 Å². The van der Waals surface area contributed by atoms with Crippen LogP contribution in [0.5, 0.6) is 0 Å². The number of hydrogen-bond acceptors (Lipinski definition) is 7. The van der Waals surface area contributed by atoms with Crippen LogP contribution in [-0.2, 0) is 11.5 Å². The van der Waals surface area contributed by atoms with Gasteiger partial charge in [-0.15, -0.1) is 11.3 Å². The van der Waals surface area contributed by atoms with Gasteiger partial charge in [0, 0.05) is 28.6 Å². The van der Waals surface area contributed by atoms with Crippen molar-refractivity contribution in [1.29, 1.82) is 0 Å². The number of hydrazine groups is 1. The molecule has 0 saturated carbocycles. The van der Waals surface area contributed by atoms with Gasteiger partial charge in [-0.25, -0.2) is 20.8 Å². The SMILES string of the molecule is NNc1nc(-c2nccs2)nc2c1CSC2. The van der Waals surface area contributed by atoms with E-state index in [1.165, 1.54) is 11.3 Å². The Labute approximate surface area is 100 Å². The van der Waals surface area contributed by atoms with Crippen molar-refractivity contribution in [3.63, 3.8) is 0 Å². The molecule has 0 fully saturated rings. The predicted molar refractivity (Wildman–Crippen MR) is 65.9 cm³/mol. The Balaban J connectivity index is 2.15. The van der Waals surface area contributed by atoms with Crippen LogP contribution in [0.25, 0.3) is 10.8 Å². The molecule has 3 N–H and O–H groups in total. The first-order chi connectivity index (χ1) is 7.88. The van der Waals surface area contributed by atoms with Gasteiger partial charge in [0.2, 0.25) is 0 Å². The normalized spacial score (nSPS) is 13.8. The van der Waals surface area contributed by atoms with Crippen LogP contribution in [0.2, 0.25) is 0 Å². The second-order valence-corrected chi connectivity index (χ2v) is 5.18. The van der Waals surface area contributed by atoms with E-state index in [1.54, 1.807) is 6.20 Å². The monoisotopic (exact) mass is 251 g/mol. The fourth-order valence-corrected chi connectivity index (χ4v) is 3.21. The first-order valence-electron chi connectivity index (χ1n) is 4.72. The van der Waals surface area contributed by atoms with Crippen molar-refractivity contribution in [3.05, 3.63) is 22.8 Å². The largest absolute Gasteiger partial charge is 0.308 e. The molecular formula is C9H9N5S2. The zero-order valence-corrected chi connectivity index (χ0v) is 9.94. The maximum atomic E-state index is 5.48. The topological polar surface area (TPSA) is 76.7 Å². The molecule has 7 heteroatoms. The summed E-state index contributed by atoms with van der Waals surface area (Å²) in [6, 6.07) is 0. The van der Waals surface area contributed by atoms with Gasteiger partial charge in [0.25, 0.3) is 0 Å². The average Bonchev–Trinajstić information content (AvgIpc) is 2.97. The van der Waals surface area contributed by atoms with Crippen LogP contribution in [0.4, 0.5) is 5.82 Å². The van der Waals surface area contributed by atoms with Crippen molar-refractivity contribution in [2.45, 2.75) is 11.5 Å². The maximum absolute atomic E-state index is 5.48. The highest BCUT2D eigenvalue weighted by atomic mass is 32.2. The standard InChI is InChI=1S/C9H9N5S2/c10-14-7-5-3-15-4-6(5)12-8(13-7)9-11-1-2-16-9/h1-2H,3-4,10H2,(H,12,13,14). The van der Waals surface area contributed by atoms with Gasteiger partial charge in [-0.1, -0.05) is 0 Å². The number of rotatable bonds is 2. The summed E-state index contributed by atoms with van der Waals surface area (Å²) in [6.07, 6.45) is 1.75. The maximum Gasteiger partial charge on any atom is 0.191 e. The summed E-state index contributed by atoms with van der Waals surface area (Å²) in [6.45, 7) is 0. The minimum Gasteiger partial charge on any atom is -0.308 e. The molecule has 82 valence electrons. The number of fused-ring (bicyclic) bond motifs is 1. The highest BCUT2D eigenvalue weighted by molar-refractivity contribution is 7.98. The molecule has 0 bridgehead atoms. The molecule has 0 aromatic carbocycles. The predicted octanol–water partition coefficient (Wildman–Crippen LogP) is 1.63. The Kier molecular flexibility index (Phi) is 2.50. The lowest BCUT2D eigenvalue weighted by Gasteiger charge is -2.06. The van der Waals surface area contributed by atoms with Gasteiger partial charge < -0.3 is 5.43 Å². The number of anilines is 1. The summed E-state index contributed by atoms with van der Waals surface area (Å²) in [5.74, 6) is 8.70. The van der Waals surface area contributed by atoms with Crippen LogP contribution < -0.4 is 11.3 Å². The highest BCUT2D eigenvalue weighted by Gasteiger charge is 2.20.